The van der Waals surface area contributed by atoms with Crippen LogP contribution in [0.1, 0.15) is 35.5 Å². The topological polar surface area (TPSA) is 64.3 Å². The monoisotopic (exact) mass is 323 g/mol. The number of hydrogen-bond acceptors (Lipinski definition) is 5. The molecule has 0 amide bonds. The lowest BCUT2D eigenvalue weighted by molar-refractivity contribution is 0.414. The third kappa shape index (κ3) is 2.68. The van der Waals surface area contributed by atoms with Crippen LogP contribution in [0.2, 0.25) is 0 Å². The Morgan fingerprint density at radius 1 is 1.21 bits per heavy atom. The number of ether oxygens (including phenoxy) is 1. The van der Waals surface area contributed by atoms with E-state index in [2.05, 4.69) is 21.5 Å². The van der Waals surface area contributed by atoms with Gasteiger partial charge in [-0.25, -0.2) is 4.98 Å². The fraction of sp³-hybridized carbons (Fsp3) is 0.389. The van der Waals surface area contributed by atoms with Gasteiger partial charge in [-0.3, -0.25) is 0 Å². The molecule has 1 aliphatic carbocycles. The van der Waals surface area contributed by atoms with Crippen molar-refractivity contribution in [3.8, 4) is 5.75 Å². The van der Waals surface area contributed by atoms with Gasteiger partial charge in [0.2, 0.25) is 0 Å². The number of benzene rings is 1. The van der Waals surface area contributed by atoms with Crippen molar-refractivity contribution in [2.24, 2.45) is 0 Å². The Morgan fingerprint density at radius 3 is 2.96 bits per heavy atom. The molecule has 0 radical (unpaired) electrons. The van der Waals surface area contributed by atoms with E-state index in [9.17, 15) is 0 Å². The summed E-state index contributed by atoms with van der Waals surface area (Å²) in [5.74, 6) is 3.32. The van der Waals surface area contributed by atoms with Gasteiger partial charge in [0, 0.05) is 12.1 Å². The van der Waals surface area contributed by atoms with Crippen molar-refractivity contribution in [3.05, 3.63) is 46.9 Å². The maximum atomic E-state index is 5.31. The lowest BCUT2D eigenvalue weighted by atomic mass is 9.96. The lowest BCUT2D eigenvalue weighted by Gasteiger charge is -2.20. The fourth-order valence-electron chi connectivity index (χ4n) is 3.29. The zero-order valence-corrected chi connectivity index (χ0v) is 14.0. The first-order valence-electron chi connectivity index (χ1n) is 8.36. The second kappa shape index (κ2) is 6.11. The smallest absolute Gasteiger partial charge is 0.254 e. The molecule has 1 aromatic carbocycles. The quantitative estimate of drug-likeness (QED) is 0.800. The molecule has 2 heterocycles. The minimum Gasteiger partial charge on any atom is -0.497 e. The van der Waals surface area contributed by atoms with E-state index in [1.54, 1.807) is 7.11 Å². The molecule has 0 saturated heterocycles. The standard InChI is InChI=1S/C18H21N5O/c1-12-20-18-21-16-9-4-3-8-15(16)17(23(18)22-12)19-11-13-6-5-7-14(10-13)24-2/h5-7,10,19H,3-4,8-9,11H2,1-2H3. The van der Waals surface area contributed by atoms with Crippen LogP contribution in [0, 0.1) is 6.92 Å². The van der Waals surface area contributed by atoms with E-state index < -0.39 is 0 Å². The molecule has 0 saturated carbocycles. The van der Waals surface area contributed by atoms with Gasteiger partial charge in [0.05, 0.1) is 12.8 Å². The van der Waals surface area contributed by atoms with Gasteiger partial charge in [0.1, 0.15) is 17.4 Å². The van der Waals surface area contributed by atoms with Crippen LogP contribution in [0.5, 0.6) is 5.75 Å². The summed E-state index contributed by atoms with van der Waals surface area (Å²) in [5.41, 5.74) is 3.61. The molecule has 6 nitrogen and oxygen atoms in total. The number of rotatable bonds is 4. The molecule has 3 aromatic rings. The summed E-state index contributed by atoms with van der Waals surface area (Å²) in [5, 5.41) is 8.08. The molecule has 1 N–H and O–H groups in total. The van der Waals surface area contributed by atoms with Crippen molar-refractivity contribution in [2.75, 3.05) is 12.4 Å². The van der Waals surface area contributed by atoms with Gasteiger partial charge < -0.3 is 10.1 Å². The Balaban J connectivity index is 1.71. The van der Waals surface area contributed by atoms with Crippen LogP contribution in [-0.2, 0) is 19.4 Å². The predicted molar refractivity (Wildman–Crippen MR) is 92.5 cm³/mol. The summed E-state index contributed by atoms with van der Waals surface area (Å²) < 4.78 is 7.15. The van der Waals surface area contributed by atoms with Crippen molar-refractivity contribution >= 4 is 11.6 Å². The minimum atomic E-state index is 0.682. The highest BCUT2D eigenvalue weighted by atomic mass is 16.5. The third-order valence-corrected chi connectivity index (χ3v) is 4.46. The maximum absolute atomic E-state index is 5.31. The Kier molecular flexibility index (Phi) is 3.80. The Morgan fingerprint density at radius 2 is 2.08 bits per heavy atom. The van der Waals surface area contributed by atoms with Crippen LogP contribution < -0.4 is 10.1 Å². The van der Waals surface area contributed by atoms with Crippen molar-refractivity contribution in [2.45, 2.75) is 39.2 Å². The molecule has 0 unspecified atom stereocenters. The molecule has 0 atom stereocenters. The third-order valence-electron chi connectivity index (χ3n) is 4.46. The molecule has 0 fully saturated rings. The largest absolute Gasteiger partial charge is 0.497 e. The van der Waals surface area contributed by atoms with Gasteiger partial charge in [-0.2, -0.15) is 9.50 Å². The van der Waals surface area contributed by atoms with E-state index in [1.165, 1.54) is 24.0 Å². The van der Waals surface area contributed by atoms with Crippen molar-refractivity contribution in [1.29, 1.82) is 0 Å². The first-order valence-corrected chi connectivity index (χ1v) is 8.36. The van der Waals surface area contributed by atoms with E-state index in [1.807, 2.05) is 29.6 Å². The SMILES string of the molecule is COc1cccc(CNc2c3c(nc4nc(C)nn24)CCCC3)c1. The lowest BCUT2D eigenvalue weighted by Crippen LogP contribution is -2.15. The highest BCUT2D eigenvalue weighted by molar-refractivity contribution is 5.54. The van der Waals surface area contributed by atoms with E-state index in [-0.39, 0.29) is 0 Å². The molecule has 0 bridgehead atoms. The molecule has 0 aliphatic heterocycles. The van der Waals surface area contributed by atoms with Gasteiger partial charge in [0.15, 0.2) is 0 Å². The van der Waals surface area contributed by atoms with E-state index in [0.29, 0.717) is 12.3 Å². The van der Waals surface area contributed by atoms with Crippen LogP contribution in [0.25, 0.3) is 5.78 Å². The zero-order valence-electron chi connectivity index (χ0n) is 14.0. The predicted octanol–water partition coefficient (Wildman–Crippen LogP) is 2.93. The van der Waals surface area contributed by atoms with Gasteiger partial charge >= 0.3 is 0 Å². The van der Waals surface area contributed by atoms with Crippen LogP contribution in [0.4, 0.5) is 5.82 Å². The average molecular weight is 323 g/mol. The summed E-state index contributed by atoms with van der Waals surface area (Å²) in [6.07, 6.45) is 4.45. The summed E-state index contributed by atoms with van der Waals surface area (Å²) in [4.78, 5) is 9.15. The van der Waals surface area contributed by atoms with Crippen LogP contribution in [-0.4, -0.2) is 26.7 Å². The number of anilines is 1. The number of nitrogens with one attached hydrogen (secondary N) is 1. The molecule has 24 heavy (non-hydrogen) atoms. The van der Waals surface area contributed by atoms with Crippen molar-refractivity contribution < 1.29 is 4.74 Å². The summed E-state index contributed by atoms with van der Waals surface area (Å²) in [7, 11) is 1.69. The highest BCUT2D eigenvalue weighted by Crippen LogP contribution is 2.28. The molecule has 4 rings (SSSR count). The maximum Gasteiger partial charge on any atom is 0.254 e. The molecule has 1 aliphatic rings. The van der Waals surface area contributed by atoms with Crippen LogP contribution >= 0.6 is 0 Å². The molecular formula is C18H21N5O. The second-order valence-electron chi connectivity index (χ2n) is 6.17. The van der Waals surface area contributed by atoms with Crippen molar-refractivity contribution in [1.82, 2.24) is 19.6 Å². The average Bonchev–Trinajstić information content (AvgIpc) is 2.98. The molecule has 0 spiro atoms. The van der Waals surface area contributed by atoms with Gasteiger partial charge in [-0.05, 0) is 50.3 Å². The van der Waals surface area contributed by atoms with Gasteiger partial charge in [0.25, 0.3) is 5.78 Å². The molecular weight excluding hydrogens is 302 g/mol. The Hall–Kier alpha value is -2.63. The van der Waals surface area contributed by atoms with E-state index >= 15 is 0 Å². The summed E-state index contributed by atoms with van der Waals surface area (Å²) in [6.45, 7) is 2.61. The fourth-order valence-corrected chi connectivity index (χ4v) is 3.29. The minimum absolute atomic E-state index is 0.682. The van der Waals surface area contributed by atoms with E-state index in [4.69, 9.17) is 9.72 Å². The normalized spacial score (nSPS) is 13.8. The summed E-state index contributed by atoms with van der Waals surface area (Å²) in [6, 6.07) is 8.10. The first kappa shape index (κ1) is 14.9. The molecule has 2 aromatic heterocycles. The van der Waals surface area contributed by atoms with Crippen molar-refractivity contribution in [3.63, 3.8) is 0 Å². The molecule has 6 heteroatoms. The van der Waals surface area contributed by atoms with E-state index in [0.717, 1.165) is 35.9 Å². The number of aryl methyl sites for hydroxylation is 2. The van der Waals surface area contributed by atoms with Gasteiger partial charge in [-0.15, -0.1) is 5.10 Å². The number of fused-ring (bicyclic) bond motifs is 2. The Bertz CT molecular complexity index is 886. The van der Waals surface area contributed by atoms with Crippen LogP contribution in [0.3, 0.4) is 0 Å². The Labute approximate surface area is 140 Å². The first-order chi connectivity index (χ1) is 11.7. The highest BCUT2D eigenvalue weighted by Gasteiger charge is 2.20. The number of aromatic nitrogens is 4. The van der Waals surface area contributed by atoms with Gasteiger partial charge in [-0.1, -0.05) is 12.1 Å². The number of methoxy groups -OCH3 is 1. The molecule has 124 valence electrons. The second-order valence-corrected chi connectivity index (χ2v) is 6.17. The number of hydrogen-bond donors (Lipinski definition) is 1. The summed E-state index contributed by atoms with van der Waals surface area (Å²) >= 11 is 0. The van der Waals surface area contributed by atoms with Crippen LogP contribution in [0.15, 0.2) is 24.3 Å². The number of nitrogens with zero attached hydrogens (tertiary/aromatic N) is 4. The zero-order chi connectivity index (χ0) is 16.5.